The molecule has 9 heteroatoms. The van der Waals surface area contributed by atoms with E-state index in [4.69, 9.17) is 4.74 Å². The van der Waals surface area contributed by atoms with Crippen molar-refractivity contribution in [1.29, 1.82) is 0 Å². The van der Waals surface area contributed by atoms with Crippen molar-refractivity contribution in [3.8, 4) is 0 Å². The van der Waals surface area contributed by atoms with Crippen LogP contribution in [0.2, 0.25) is 0 Å². The van der Waals surface area contributed by atoms with Crippen LogP contribution in [-0.4, -0.2) is 33.6 Å². The number of methoxy groups -OCH3 is 1. The van der Waals surface area contributed by atoms with Gasteiger partial charge in [-0.1, -0.05) is 18.3 Å². The summed E-state index contributed by atoms with van der Waals surface area (Å²) in [4.78, 5) is 40.3. The monoisotopic (exact) mass is 373 g/mol. The lowest BCUT2D eigenvalue weighted by molar-refractivity contribution is 0.0466. The third kappa shape index (κ3) is 3.62. The summed E-state index contributed by atoms with van der Waals surface area (Å²) in [7, 11) is 1.28. The zero-order valence-corrected chi connectivity index (χ0v) is 14.9. The summed E-state index contributed by atoms with van der Waals surface area (Å²) in [6.45, 7) is 1.81. The van der Waals surface area contributed by atoms with E-state index in [0.717, 1.165) is 5.01 Å². The number of aromatic nitrogens is 3. The molecule has 2 aromatic heterocycles. The minimum Gasteiger partial charge on any atom is -0.465 e. The summed E-state index contributed by atoms with van der Waals surface area (Å²) >= 11 is 1.32. The van der Waals surface area contributed by atoms with E-state index in [1.165, 1.54) is 53.3 Å². The van der Waals surface area contributed by atoms with E-state index in [1.807, 2.05) is 6.92 Å². The highest BCUT2D eigenvalue weighted by Crippen LogP contribution is 2.13. The largest absolute Gasteiger partial charge is 0.465 e. The molecule has 0 aliphatic rings. The topological polar surface area (TPSA) is 99.9 Å². The van der Waals surface area contributed by atoms with Crippen LogP contribution in [0.3, 0.4) is 0 Å². The Morgan fingerprint density at radius 1 is 1.15 bits per heavy atom. The van der Waals surface area contributed by atoms with E-state index in [-0.39, 0.29) is 17.7 Å². The molecule has 2 heterocycles. The Balaban J connectivity index is 1.72. The zero-order valence-electron chi connectivity index (χ0n) is 14.1. The molecule has 26 heavy (non-hydrogen) atoms. The second kappa shape index (κ2) is 7.44. The number of fused-ring (bicyclic) bond motifs is 1. The third-order valence-corrected chi connectivity index (χ3v) is 4.59. The number of benzene rings is 1. The number of esters is 2. The number of hydrogen-bond donors (Lipinski definition) is 0. The average molecular weight is 373 g/mol. The molecule has 0 aliphatic heterocycles. The van der Waals surface area contributed by atoms with E-state index < -0.39 is 11.9 Å². The second-order valence-electron chi connectivity index (χ2n) is 5.27. The molecule has 1 aromatic carbocycles. The normalized spacial score (nSPS) is 10.7. The Morgan fingerprint density at radius 3 is 2.42 bits per heavy atom. The van der Waals surface area contributed by atoms with Gasteiger partial charge in [0.15, 0.2) is 0 Å². The molecule has 0 amide bonds. The molecule has 0 N–H and O–H groups in total. The fourth-order valence-electron chi connectivity index (χ4n) is 2.20. The van der Waals surface area contributed by atoms with Crippen LogP contribution in [-0.2, 0) is 22.5 Å². The van der Waals surface area contributed by atoms with Crippen LogP contribution >= 0.6 is 11.3 Å². The van der Waals surface area contributed by atoms with Gasteiger partial charge in [-0.05, 0) is 30.7 Å². The molecule has 134 valence electrons. The number of carbonyl (C=O) groups excluding carboxylic acids is 2. The van der Waals surface area contributed by atoms with Crippen molar-refractivity contribution < 1.29 is 19.1 Å². The van der Waals surface area contributed by atoms with Gasteiger partial charge in [-0.25, -0.2) is 14.6 Å². The maximum Gasteiger partial charge on any atom is 0.338 e. The van der Waals surface area contributed by atoms with E-state index in [1.54, 1.807) is 0 Å². The van der Waals surface area contributed by atoms with Gasteiger partial charge in [0.25, 0.3) is 5.56 Å². The number of ether oxygens (including phenoxy) is 2. The van der Waals surface area contributed by atoms with Gasteiger partial charge in [-0.2, -0.15) is 9.61 Å². The maximum atomic E-state index is 12.1. The lowest BCUT2D eigenvalue weighted by Gasteiger charge is -2.05. The van der Waals surface area contributed by atoms with Crippen molar-refractivity contribution in [2.45, 2.75) is 20.0 Å². The standard InChI is InChI=1S/C17H15N3O5S/c1-3-13-19-20-14(21)8-12(18-17(20)26-13)9-25-16(23)11-6-4-10(5-7-11)15(22)24-2/h4-8H,3,9H2,1-2H3. The Labute approximate surface area is 152 Å². The van der Waals surface area contributed by atoms with Crippen LogP contribution in [0.25, 0.3) is 4.96 Å². The van der Waals surface area contributed by atoms with E-state index in [2.05, 4.69) is 14.8 Å². The fraction of sp³-hybridized carbons (Fsp3) is 0.235. The summed E-state index contributed by atoms with van der Waals surface area (Å²) in [6.07, 6.45) is 0.708. The summed E-state index contributed by atoms with van der Waals surface area (Å²) in [5, 5.41) is 4.96. The molecule has 0 unspecified atom stereocenters. The Morgan fingerprint density at radius 2 is 1.81 bits per heavy atom. The van der Waals surface area contributed by atoms with Crippen molar-refractivity contribution in [1.82, 2.24) is 14.6 Å². The van der Waals surface area contributed by atoms with Gasteiger partial charge in [-0.15, -0.1) is 0 Å². The molecular weight excluding hydrogens is 358 g/mol. The highest BCUT2D eigenvalue weighted by Gasteiger charge is 2.12. The van der Waals surface area contributed by atoms with E-state index in [0.29, 0.717) is 22.6 Å². The average Bonchev–Trinajstić information content (AvgIpc) is 3.09. The highest BCUT2D eigenvalue weighted by atomic mass is 32.1. The van der Waals surface area contributed by atoms with Crippen LogP contribution in [0.15, 0.2) is 35.1 Å². The number of carbonyl (C=O) groups is 2. The summed E-state index contributed by atoms with van der Waals surface area (Å²) in [5.74, 6) is -1.07. The van der Waals surface area contributed by atoms with Gasteiger partial charge in [0.1, 0.15) is 11.6 Å². The lowest BCUT2D eigenvalue weighted by atomic mass is 10.1. The fourth-order valence-corrected chi connectivity index (χ4v) is 3.05. The summed E-state index contributed by atoms with van der Waals surface area (Å²) in [6, 6.07) is 7.18. The minimum absolute atomic E-state index is 0.136. The molecule has 0 aliphatic carbocycles. The number of rotatable bonds is 5. The van der Waals surface area contributed by atoms with Crippen LogP contribution < -0.4 is 5.56 Å². The Bertz CT molecular complexity index is 1020. The predicted molar refractivity (Wildman–Crippen MR) is 93.4 cm³/mol. The van der Waals surface area contributed by atoms with Crippen LogP contribution in [0.1, 0.15) is 38.3 Å². The van der Waals surface area contributed by atoms with Gasteiger partial charge in [0, 0.05) is 6.07 Å². The molecule has 0 fully saturated rings. The third-order valence-electron chi connectivity index (χ3n) is 3.54. The first-order valence-electron chi connectivity index (χ1n) is 7.76. The van der Waals surface area contributed by atoms with Gasteiger partial charge >= 0.3 is 11.9 Å². The van der Waals surface area contributed by atoms with Gasteiger partial charge in [0.05, 0.1) is 23.9 Å². The SMILES string of the molecule is CCc1nn2c(=O)cc(COC(=O)c3ccc(C(=O)OC)cc3)nc2s1. The minimum atomic E-state index is -0.582. The molecule has 3 rings (SSSR count). The molecule has 0 atom stereocenters. The van der Waals surface area contributed by atoms with E-state index in [9.17, 15) is 14.4 Å². The molecule has 0 spiro atoms. The van der Waals surface area contributed by atoms with Crippen LogP contribution in [0, 0.1) is 0 Å². The first-order chi connectivity index (χ1) is 12.5. The maximum absolute atomic E-state index is 12.1. The first kappa shape index (κ1) is 17.7. The van der Waals surface area contributed by atoms with E-state index >= 15 is 0 Å². The number of hydrogen-bond acceptors (Lipinski definition) is 8. The Kier molecular flexibility index (Phi) is 5.08. The van der Waals surface area contributed by atoms with Crippen molar-refractivity contribution >= 4 is 28.2 Å². The number of aryl methyl sites for hydroxylation is 1. The van der Waals surface area contributed by atoms with Crippen molar-refractivity contribution in [2.24, 2.45) is 0 Å². The molecule has 0 bridgehead atoms. The summed E-state index contributed by atoms with van der Waals surface area (Å²) in [5.41, 5.74) is 0.642. The lowest BCUT2D eigenvalue weighted by Crippen LogP contribution is -2.16. The number of nitrogens with zero attached hydrogens (tertiary/aromatic N) is 3. The molecule has 0 radical (unpaired) electrons. The van der Waals surface area contributed by atoms with Gasteiger partial charge in [0.2, 0.25) is 4.96 Å². The smallest absolute Gasteiger partial charge is 0.338 e. The quantitative estimate of drug-likeness (QED) is 0.629. The van der Waals surface area contributed by atoms with Gasteiger partial charge < -0.3 is 9.47 Å². The van der Waals surface area contributed by atoms with Gasteiger partial charge in [-0.3, -0.25) is 4.79 Å². The summed E-state index contributed by atoms with van der Waals surface area (Å²) < 4.78 is 11.0. The highest BCUT2D eigenvalue weighted by molar-refractivity contribution is 7.16. The van der Waals surface area contributed by atoms with Crippen molar-refractivity contribution in [3.63, 3.8) is 0 Å². The zero-order chi connectivity index (χ0) is 18.7. The molecule has 3 aromatic rings. The predicted octanol–water partition coefficient (Wildman–Crippen LogP) is 1.86. The molecule has 0 saturated carbocycles. The second-order valence-corrected chi connectivity index (χ2v) is 6.32. The van der Waals surface area contributed by atoms with Crippen molar-refractivity contribution in [3.05, 3.63) is 62.5 Å². The Hall–Kier alpha value is -3.07. The first-order valence-corrected chi connectivity index (χ1v) is 8.57. The van der Waals surface area contributed by atoms with Crippen molar-refractivity contribution in [2.75, 3.05) is 7.11 Å². The van der Waals surface area contributed by atoms with Crippen LogP contribution in [0.4, 0.5) is 0 Å². The molecular formula is C17H15N3O5S. The molecule has 8 nitrogen and oxygen atoms in total. The molecule has 0 saturated heterocycles. The van der Waals surface area contributed by atoms with Crippen LogP contribution in [0.5, 0.6) is 0 Å².